The van der Waals surface area contributed by atoms with Gasteiger partial charge < -0.3 is 0 Å². The number of rotatable bonds is 0. The first-order valence-corrected chi connectivity index (χ1v) is 7.59. The van der Waals surface area contributed by atoms with Gasteiger partial charge in [0.25, 0.3) is 0 Å². The molecule has 0 aromatic heterocycles. The third kappa shape index (κ3) is 3.20. The molecule has 0 saturated carbocycles. The van der Waals surface area contributed by atoms with Crippen molar-refractivity contribution < 1.29 is 8.42 Å². The van der Waals surface area contributed by atoms with Gasteiger partial charge in [-0.25, -0.2) is 13.1 Å². The molecular formula is C12H25NO2S. The fourth-order valence-electron chi connectivity index (χ4n) is 2.50. The second-order valence-corrected chi connectivity index (χ2v) is 8.92. The molecule has 0 spiro atoms. The zero-order chi connectivity index (χ0) is 12.8. The first-order valence-electron chi connectivity index (χ1n) is 5.93. The molecular weight excluding hydrogens is 222 g/mol. The van der Waals surface area contributed by atoms with Gasteiger partial charge in [-0.05, 0) is 23.2 Å². The standard InChI is InChI=1S/C12H25NO2S/c1-11(2,3)9-7-8-16(14,15)13-10(9)12(4,5)6/h9-10,13H,7-8H2,1-6H3. The maximum absolute atomic E-state index is 11.7. The number of hydrogen-bond acceptors (Lipinski definition) is 2. The molecule has 1 N–H and O–H groups in total. The van der Waals surface area contributed by atoms with E-state index < -0.39 is 10.0 Å². The van der Waals surface area contributed by atoms with Gasteiger partial charge in [0.2, 0.25) is 10.0 Å². The van der Waals surface area contributed by atoms with Crippen molar-refractivity contribution in [2.24, 2.45) is 16.7 Å². The summed E-state index contributed by atoms with van der Waals surface area (Å²) in [5.74, 6) is 0.664. The van der Waals surface area contributed by atoms with Gasteiger partial charge in [0, 0.05) is 6.04 Å². The van der Waals surface area contributed by atoms with E-state index in [-0.39, 0.29) is 22.6 Å². The first-order chi connectivity index (χ1) is 6.93. The van der Waals surface area contributed by atoms with Gasteiger partial charge in [0.1, 0.15) is 0 Å². The Morgan fingerprint density at radius 2 is 1.50 bits per heavy atom. The Kier molecular flexibility index (Phi) is 3.48. The molecule has 4 heteroatoms. The average molecular weight is 247 g/mol. The molecule has 2 unspecified atom stereocenters. The highest BCUT2D eigenvalue weighted by atomic mass is 32.2. The summed E-state index contributed by atoms with van der Waals surface area (Å²) < 4.78 is 26.2. The summed E-state index contributed by atoms with van der Waals surface area (Å²) >= 11 is 0. The minimum Gasteiger partial charge on any atom is -0.212 e. The van der Waals surface area contributed by atoms with E-state index >= 15 is 0 Å². The fourth-order valence-corrected chi connectivity index (χ4v) is 4.08. The second-order valence-electron chi connectivity index (χ2n) is 7.04. The molecule has 1 aliphatic heterocycles. The van der Waals surface area contributed by atoms with Crippen LogP contribution in [0.15, 0.2) is 0 Å². The van der Waals surface area contributed by atoms with E-state index in [9.17, 15) is 8.42 Å². The van der Waals surface area contributed by atoms with Crippen molar-refractivity contribution in [2.75, 3.05) is 5.75 Å². The van der Waals surface area contributed by atoms with Crippen LogP contribution in [0.3, 0.4) is 0 Å². The zero-order valence-electron chi connectivity index (χ0n) is 11.3. The first kappa shape index (κ1) is 14.0. The fraction of sp³-hybridized carbons (Fsp3) is 1.00. The summed E-state index contributed by atoms with van der Waals surface area (Å²) in [4.78, 5) is 0. The van der Waals surface area contributed by atoms with Crippen molar-refractivity contribution in [3.63, 3.8) is 0 Å². The zero-order valence-corrected chi connectivity index (χ0v) is 12.1. The molecule has 0 aromatic carbocycles. The Balaban J connectivity index is 3.03. The van der Waals surface area contributed by atoms with Crippen LogP contribution in [0.4, 0.5) is 0 Å². The maximum Gasteiger partial charge on any atom is 0.211 e. The quantitative estimate of drug-likeness (QED) is 0.714. The summed E-state index contributed by atoms with van der Waals surface area (Å²) in [6, 6.07) is 0.0336. The molecule has 0 aromatic rings. The third-order valence-electron chi connectivity index (χ3n) is 3.45. The van der Waals surface area contributed by atoms with E-state index in [1.807, 2.05) is 0 Å². The summed E-state index contributed by atoms with van der Waals surface area (Å²) in [6.45, 7) is 12.9. The second kappa shape index (κ2) is 3.98. The van der Waals surface area contributed by atoms with Crippen LogP contribution in [-0.2, 0) is 10.0 Å². The van der Waals surface area contributed by atoms with Gasteiger partial charge in [-0.15, -0.1) is 0 Å². The van der Waals surface area contributed by atoms with E-state index in [0.717, 1.165) is 6.42 Å². The molecule has 16 heavy (non-hydrogen) atoms. The highest BCUT2D eigenvalue weighted by Gasteiger charge is 2.44. The van der Waals surface area contributed by atoms with Crippen molar-refractivity contribution in [2.45, 2.75) is 54.0 Å². The Bertz CT molecular complexity index is 346. The summed E-state index contributed by atoms with van der Waals surface area (Å²) in [5.41, 5.74) is 0.103. The minimum absolute atomic E-state index is 0.0336. The van der Waals surface area contributed by atoms with Crippen LogP contribution >= 0.6 is 0 Å². The Hall–Kier alpha value is -0.0900. The Morgan fingerprint density at radius 1 is 1.00 bits per heavy atom. The molecule has 1 saturated heterocycles. The van der Waals surface area contributed by atoms with E-state index in [2.05, 4.69) is 46.3 Å². The minimum atomic E-state index is -3.06. The predicted molar refractivity (Wildman–Crippen MR) is 67.7 cm³/mol. The van der Waals surface area contributed by atoms with Gasteiger partial charge in [-0.1, -0.05) is 41.5 Å². The lowest BCUT2D eigenvalue weighted by atomic mass is 9.67. The van der Waals surface area contributed by atoms with Crippen LogP contribution in [0.2, 0.25) is 0 Å². The van der Waals surface area contributed by atoms with Gasteiger partial charge in [0.15, 0.2) is 0 Å². The van der Waals surface area contributed by atoms with E-state index in [1.165, 1.54) is 0 Å². The molecule has 3 nitrogen and oxygen atoms in total. The monoisotopic (exact) mass is 247 g/mol. The molecule has 0 radical (unpaired) electrons. The summed E-state index contributed by atoms with van der Waals surface area (Å²) in [5, 5.41) is 0. The van der Waals surface area contributed by atoms with Crippen LogP contribution in [0.25, 0.3) is 0 Å². The highest BCUT2D eigenvalue weighted by Crippen LogP contribution is 2.40. The third-order valence-corrected chi connectivity index (χ3v) is 4.84. The van der Waals surface area contributed by atoms with Gasteiger partial charge in [0.05, 0.1) is 5.75 Å². The molecule has 0 amide bonds. The molecule has 96 valence electrons. The lowest BCUT2D eigenvalue weighted by Crippen LogP contribution is -2.56. The maximum atomic E-state index is 11.7. The largest absolute Gasteiger partial charge is 0.212 e. The predicted octanol–water partition coefficient (Wildman–Crippen LogP) is 2.39. The SMILES string of the molecule is CC(C)(C)C1CCS(=O)(=O)NC1C(C)(C)C. The van der Waals surface area contributed by atoms with Crippen LogP contribution in [0.1, 0.15) is 48.0 Å². The van der Waals surface area contributed by atoms with E-state index in [1.54, 1.807) is 0 Å². The molecule has 2 atom stereocenters. The van der Waals surface area contributed by atoms with Gasteiger partial charge >= 0.3 is 0 Å². The molecule has 1 aliphatic rings. The Morgan fingerprint density at radius 3 is 1.88 bits per heavy atom. The van der Waals surface area contributed by atoms with E-state index in [0.29, 0.717) is 5.92 Å². The molecule has 1 heterocycles. The molecule has 0 bridgehead atoms. The van der Waals surface area contributed by atoms with Crippen molar-refractivity contribution in [3.8, 4) is 0 Å². The normalized spacial score (nSPS) is 31.4. The lowest BCUT2D eigenvalue weighted by Gasteiger charge is -2.46. The van der Waals surface area contributed by atoms with Crippen LogP contribution in [0.5, 0.6) is 0 Å². The summed E-state index contributed by atoms with van der Waals surface area (Å²) in [7, 11) is -3.06. The molecule has 1 fully saturated rings. The number of nitrogens with one attached hydrogen (secondary N) is 1. The van der Waals surface area contributed by atoms with Crippen LogP contribution in [0, 0.1) is 16.7 Å². The average Bonchev–Trinajstić information content (AvgIpc) is 1.97. The number of hydrogen-bond donors (Lipinski definition) is 1. The van der Waals surface area contributed by atoms with Crippen LogP contribution < -0.4 is 4.72 Å². The number of sulfonamides is 1. The van der Waals surface area contributed by atoms with E-state index in [4.69, 9.17) is 0 Å². The van der Waals surface area contributed by atoms with Crippen molar-refractivity contribution in [1.29, 1.82) is 0 Å². The molecule has 0 aliphatic carbocycles. The van der Waals surface area contributed by atoms with Gasteiger partial charge in [-0.3, -0.25) is 0 Å². The van der Waals surface area contributed by atoms with Crippen LogP contribution in [-0.4, -0.2) is 20.2 Å². The lowest BCUT2D eigenvalue weighted by molar-refractivity contribution is 0.108. The van der Waals surface area contributed by atoms with Crippen molar-refractivity contribution >= 4 is 10.0 Å². The summed E-state index contributed by atoms with van der Waals surface area (Å²) in [6.07, 6.45) is 0.765. The molecule has 1 rings (SSSR count). The Labute approximate surface area is 100 Å². The highest BCUT2D eigenvalue weighted by molar-refractivity contribution is 7.89. The topological polar surface area (TPSA) is 46.2 Å². The van der Waals surface area contributed by atoms with Gasteiger partial charge in [-0.2, -0.15) is 0 Å². The smallest absolute Gasteiger partial charge is 0.211 e. The van der Waals surface area contributed by atoms with Crippen molar-refractivity contribution in [3.05, 3.63) is 0 Å². The van der Waals surface area contributed by atoms with Crippen molar-refractivity contribution in [1.82, 2.24) is 4.72 Å².